The third-order valence-corrected chi connectivity index (χ3v) is 2.86. The number of ether oxygens (including phenoxy) is 1. The summed E-state index contributed by atoms with van der Waals surface area (Å²) >= 11 is 0. The number of carbonyl (C=O) groups excluding carboxylic acids is 1. The molecule has 0 aromatic heterocycles. The van der Waals surface area contributed by atoms with Crippen LogP contribution >= 0.6 is 0 Å². The molecule has 0 aliphatic heterocycles. The van der Waals surface area contributed by atoms with Crippen LogP contribution in [0.2, 0.25) is 0 Å². The van der Waals surface area contributed by atoms with Gasteiger partial charge in [-0.1, -0.05) is 36.4 Å². The van der Waals surface area contributed by atoms with Gasteiger partial charge in [-0.3, -0.25) is 4.79 Å². The van der Waals surface area contributed by atoms with Gasteiger partial charge < -0.3 is 15.4 Å². The molecule has 0 saturated heterocycles. The fourth-order valence-electron chi connectivity index (χ4n) is 1.91. The lowest BCUT2D eigenvalue weighted by molar-refractivity contribution is -0.119. The Kier molecular flexibility index (Phi) is 4.75. The third kappa shape index (κ3) is 3.69. The summed E-state index contributed by atoms with van der Waals surface area (Å²) < 4.78 is 4.88. The summed E-state index contributed by atoms with van der Waals surface area (Å²) in [7, 11) is 1.61. The highest BCUT2D eigenvalue weighted by molar-refractivity contribution is 5.95. The number of amides is 1. The van der Waals surface area contributed by atoms with Crippen LogP contribution in [-0.2, 0) is 9.53 Å². The average molecular weight is 258 g/mol. The Morgan fingerprint density at radius 2 is 1.95 bits per heavy atom. The summed E-state index contributed by atoms with van der Waals surface area (Å²) in [6.07, 6.45) is 0. The SMILES string of the molecule is COCCNC(=O)CNc1cccc2ccccc12. The summed E-state index contributed by atoms with van der Waals surface area (Å²) in [5, 5.41) is 8.22. The van der Waals surface area contributed by atoms with E-state index in [0.29, 0.717) is 13.2 Å². The Morgan fingerprint density at radius 1 is 1.16 bits per heavy atom. The maximum absolute atomic E-state index is 11.6. The van der Waals surface area contributed by atoms with E-state index >= 15 is 0 Å². The summed E-state index contributed by atoms with van der Waals surface area (Å²) in [6, 6.07) is 14.1. The van der Waals surface area contributed by atoms with Crippen molar-refractivity contribution >= 4 is 22.4 Å². The predicted octanol–water partition coefficient (Wildman–Crippen LogP) is 2.01. The normalized spacial score (nSPS) is 10.4. The molecule has 0 fully saturated rings. The minimum atomic E-state index is -0.0371. The van der Waals surface area contributed by atoms with Crippen molar-refractivity contribution in [3.63, 3.8) is 0 Å². The van der Waals surface area contributed by atoms with Crippen LogP contribution in [0.5, 0.6) is 0 Å². The van der Waals surface area contributed by atoms with E-state index < -0.39 is 0 Å². The zero-order chi connectivity index (χ0) is 13.5. The Hall–Kier alpha value is -2.07. The van der Waals surface area contributed by atoms with Crippen LogP contribution in [0.15, 0.2) is 42.5 Å². The molecule has 0 bridgehead atoms. The van der Waals surface area contributed by atoms with Crippen molar-refractivity contribution in [2.24, 2.45) is 0 Å². The lowest BCUT2D eigenvalue weighted by Crippen LogP contribution is -2.32. The van der Waals surface area contributed by atoms with Crippen LogP contribution in [0, 0.1) is 0 Å². The summed E-state index contributed by atoms with van der Waals surface area (Å²) in [5.74, 6) is -0.0371. The van der Waals surface area contributed by atoms with Crippen LogP contribution in [-0.4, -0.2) is 32.7 Å². The summed E-state index contributed by atoms with van der Waals surface area (Å²) in [5.41, 5.74) is 0.972. The summed E-state index contributed by atoms with van der Waals surface area (Å²) in [4.78, 5) is 11.6. The lowest BCUT2D eigenvalue weighted by Gasteiger charge is -2.10. The fourth-order valence-corrected chi connectivity index (χ4v) is 1.91. The van der Waals surface area contributed by atoms with Gasteiger partial charge in [0.2, 0.25) is 5.91 Å². The maximum Gasteiger partial charge on any atom is 0.239 e. The molecular weight excluding hydrogens is 240 g/mol. The van der Waals surface area contributed by atoms with Gasteiger partial charge in [0.1, 0.15) is 0 Å². The van der Waals surface area contributed by atoms with E-state index in [1.54, 1.807) is 7.11 Å². The van der Waals surface area contributed by atoms with Crippen molar-refractivity contribution in [1.82, 2.24) is 5.32 Å². The number of hydrogen-bond acceptors (Lipinski definition) is 3. The number of benzene rings is 2. The first kappa shape index (κ1) is 13.4. The smallest absolute Gasteiger partial charge is 0.239 e. The van der Waals surface area contributed by atoms with E-state index in [4.69, 9.17) is 4.74 Å². The Bertz CT molecular complexity index is 549. The van der Waals surface area contributed by atoms with Crippen LogP contribution in [0.1, 0.15) is 0 Å². The number of nitrogens with one attached hydrogen (secondary N) is 2. The second-order valence-electron chi connectivity index (χ2n) is 4.22. The van der Waals surface area contributed by atoms with Gasteiger partial charge >= 0.3 is 0 Å². The zero-order valence-corrected chi connectivity index (χ0v) is 11.0. The van der Waals surface area contributed by atoms with Gasteiger partial charge in [-0.25, -0.2) is 0 Å². The Balaban J connectivity index is 1.96. The molecule has 0 aliphatic carbocycles. The molecule has 0 saturated carbocycles. The highest BCUT2D eigenvalue weighted by atomic mass is 16.5. The fraction of sp³-hybridized carbons (Fsp3) is 0.267. The molecule has 0 spiro atoms. The molecule has 2 rings (SSSR count). The van der Waals surface area contributed by atoms with Crippen molar-refractivity contribution in [3.8, 4) is 0 Å². The largest absolute Gasteiger partial charge is 0.383 e. The second kappa shape index (κ2) is 6.75. The van der Waals surface area contributed by atoms with Crippen molar-refractivity contribution in [2.75, 3.05) is 32.1 Å². The number of hydrogen-bond donors (Lipinski definition) is 2. The number of anilines is 1. The first-order chi connectivity index (χ1) is 9.31. The standard InChI is InChI=1S/C15H18N2O2/c1-19-10-9-16-15(18)11-17-14-8-4-6-12-5-2-3-7-13(12)14/h2-8,17H,9-11H2,1H3,(H,16,18). The molecule has 0 unspecified atom stereocenters. The molecule has 1 amide bonds. The molecule has 0 radical (unpaired) electrons. The molecule has 0 atom stereocenters. The van der Waals surface area contributed by atoms with Crippen molar-refractivity contribution < 1.29 is 9.53 Å². The van der Waals surface area contributed by atoms with E-state index in [0.717, 1.165) is 16.5 Å². The second-order valence-corrected chi connectivity index (χ2v) is 4.22. The van der Waals surface area contributed by atoms with Crippen LogP contribution in [0.3, 0.4) is 0 Å². The van der Waals surface area contributed by atoms with Crippen LogP contribution in [0.4, 0.5) is 5.69 Å². The molecular formula is C15H18N2O2. The first-order valence-corrected chi connectivity index (χ1v) is 6.28. The Morgan fingerprint density at radius 3 is 2.79 bits per heavy atom. The molecule has 4 nitrogen and oxygen atoms in total. The average Bonchev–Trinajstić information content (AvgIpc) is 2.45. The topological polar surface area (TPSA) is 50.4 Å². The van der Waals surface area contributed by atoms with Gasteiger partial charge in [-0.15, -0.1) is 0 Å². The first-order valence-electron chi connectivity index (χ1n) is 6.28. The van der Waals surface area contributed by atoms with Gasteiger partial charge in [0, 0.05) is 24.7 Å². The van der Waals surface area contributed by atoms with Gasteiger partial charge in [-0.2, -0.15) is 0 Å². The molecule has 0 heterocycles. The number of carbonyl (C=O) groups is 1. The monoisotopic (exact) mass is 258 g/mol. The Labute approximate surface area is 112 Å². The number of fused-ring (bicyclic) bond motifs is 1. The minimum absolute atomic E-state index is 0.0371. The molecule has 2 N–H and O–H groups in total. The highest BCUT2D eigenvalue weighted by Gasteiger charge is 2.03. The zero-order valence-electron chi connectivity index (χ0n) is 11.0. The van der Waals surface area contributed by atoms with Gasteiger partial charge in [0.05, 0.1) is 13.2 Å². The van der Waals surface area contributed by atoms with Crippen molar-refractivity contribution in [3.05, 3.63) is 42.5 Å². The van der Waals surface area contributed by atoms with Gasteiger partial charge in [0.25, 0.3) is 0 Å². The van der Waals surface area contributed by atoms with Crippen LogP contribution < -0.4 is 10.6 Å². The molecule has 4 heteroatoms. The summed E-state index contributed by atoms with van der Waals surface area (Å²) in [6.45, 7) is 1.32. The van der Waals surface area contributed by atoms with E-state index in [9.17, 15) is 4.79 Å². The quantitative estimate of drug-likeness (QED) is 0.779. The van der Waals surface area contributed by atoms with E-state index in [2.05, 4.69) is 22.8 Å². The number of rotatable bonds is 6. The highest BCUT2D eigenvalue weighted by Crippen LogP contribution is 2.22. The van der Waals surface area contributed by atoms with Crippen molar-refractivity contribution in [2.45, 2.75) is 0 Å². The van der Waals surface area contributed by atoms with Gasteiger partial charge in [-0.05, 0) is 11.5 Å². The van der Waals surface area contributed by atoms with Crippen LogP contribution in [0.25, 0.3) is 10.8 Å². The molecule has 100 valence electrons. The predicted molar refractivity (Wildman–Crippen MR) is 77.3 cm³/mol. The van der Waals surface area contributed by atoms with Gasteiger partial charge in [0.15, 0.2) is 0 Å². The maximum atomic E-state index is 11.6. The molecule has 2 aromatic carbocycles. The van der Waals surface area contributed by atoms with E-state index in [-0.39, 0.29) is 12.5 Å². The molecule has 2 aromatic rings. The lowest BCUT2D eigenvalue weighted by atomic mass is 10.1. The third-order valence-electron chi connectivity index (χ3n) is 2.86. The number of methoxy groups -OCH3 is 1. The van der Waals surface area contributed by atoms with E-state index in [1.165, 1.54) is 0 Å². The van der Waals surface area contributed by atoms with Crippen molar-refractivity contribution in [1.29, 1.82) is 0 Å². The van der Waals surface area contributed by atoms with E-state index in [1.807, 2.05) is 30.3 Å². The minimum Gasteiger partial charge on any atom is -0.383 e. The molecule has 19 heavy (non-hydrogen) atoms. The molecule has 0 aliphatic rings.